The van der Waals surface area contributed by atoms with Gasteiger partial charge in [0.15, 0.2) is 0 Å². The molecule has 0 saturated heterocycles. The van der Waals surface area contributed by atoms with Crippen LogP contribution >= 0.6 is 11.6 Å². The van der Waals surface area contributed by atoms with Crippen molar-refractivity contribution in [1.82, 2.24) is 9.78 Å². The summed E-state index contributed by atoms with van der Waals surface area (Å²) in [5.41, 5.74) is 1.79. The lowest BCUT2D eigenvalue weighted by molar-refractivity contribution is 0.157. The molecule has 0 aliphatic heterocycles. The Balaban J connectivity index is 2.99. The molecule has 3 nitrogen and oxygen atoms in total. The van der Waals surface area contributed by atoms with Gasteiger partial charge in [0, 0.05) is 13.7 Å². The van der Waals surface area contributed by atoms with Crippen molar-refractivity contribution in [3.8, 4) is 0 Å². The van der Waals surface area contributed by atoms with Gasteiger partial charge in [-0.05, 0) is 18.3 Å². The highest BCUT2D eigenvalue weighted by Crippen LogP contribution is 2.28. The largest absolute Gasteiger partial charge is 0.396 e. The number of hydrogen-bond donors (Lipinski definition) is 1. The van der Waals surface area contributed by atoms with Gasteiger partial charge in [-0.25, -0.2) is 0 Å². The van der Waals surface area contributed by atoms with E-state index in [1.165, 1.54) is 0 Å². The van der Waals surface area contributed by atoms with Crippen molar-refractivity contribution < 1.29 is 5.11 Å². The Bertz CT molecular complexity index is 345. The Hall–Kier alpha value is -0.540. The third-order valence-corrected chi connectivity index (χ3v) is 3.01. The van der Waals surface area contributed by atoms with Crippen LogP contribution in [0.1, 0.15) is 32.2 Å². The molecule has 1 N–H and O–H groups in total. The van der Waals surface area contributed by atoms with Crippen LogP contribution < -0.4 is 0 Å². The highest BCUT2D eigenvalue weighted by Gasteiger charge is 2.22. The molecule has 0 radical (unpaired) electrons. The highest BCUT2D eigenvalue weighted by atomic mass is 35.5. The molecule has 0 amide bonds. The lowest BCUT2D eigenvalue weighted by Crippen LogP contribution is -2.21. The molecule has 1 heterocycles. The monoisotopic (exact) mass is 230 g/mol. The van der Waals surface area contributed by atoms with Crippen LogP contribution in [0.5, 0.6) is 0 Å². The average molecular weight is 231 g/mol. The molecule has 0 atom stereocenters. The smallest absolute Gasteiger partial charge is 0.0849 e. The molecule has 15 heavy (non-hydrogen) atoms. The average Bonchev–Trinajstić information content (AvgIpc) is 2.45. The summed E-state index contributed by atoms with van der Waals surface area (Å²) in [6.07, 6.45) is 1.58. The van der Waals surface area contributed by atoms with Gasteiger partial charge >= 0.3 is 0 Å². The Morgan fingerprint density at radius 2 is 2.07 bits per heavy atom. The van der Waals surface area contributed by atoms with Crippen molar-refractivity contribution >= 4 is 11.6 Å². The van der Waals surface area contributed by atoms with Gasteiger partial charge in [-0.3, -0.25) is 4.68 Å². The van der Waals surface area contributed by atoms with Crippen molar-refractivity contribution in [2.75, 3.05) is 6.61 Å². The molecule has 4 heteroatoms. The molecular weight excluding hydrogens is 212 g/mol. The molecule has 1 aromatic rings. The summed E-state index contributed by atoms with van der Waals surface area (Å²) in [6, 6.07) is 0. The van der Waals surface area contributed by atoms with Gasteiger partial charge in [0.1, 0.15) is 0 Å². The van der Waals surface area contributed by atoms with Crippen molar-refractivity contribution in [2.45, 2.75) is 33.6 Å². The molecule has 0 saturated carbocycles. The topological polar surface area (TPSA) is 38.0 Å². The minimum Gasteiger partial charge on any atom is -0.396 e. The lowest BCUT2D eigenvalue weighted by atomic mass is 9.89. The fraction of sp³-hybridized carbons (Fsp3) is 0.727. The summed E-state index contributed by atoms with van der Waals surface area (Å²) >= 11 is 6.23. The maximum absolute atomic E-state index is 9.23. The third kappa shape index (κ3) is 2.73. The van der Waals surface area contributed by atoms with E-state index in [0.717, 1.165) is 29.3 Å². The van der Waals surface area contributed by atoms with Crippen LogP contribution in [0.15, 0.2) is 0 Å². The van der Waals surface area contributed by atoms with Crippen LogP contribution in [0.4, 0.5) is 0 Å². The molecule has 0 aromatic carbocycles. The Morgan fingerprint density at radius 1 is 1.47 bits per heavy atom. The van der Waals surface area contributed by atoms with Crippen molar-refractivity contribution in [3.05, 3.63) is 16.4 Å². The van der Waals surface area contributed by atoms with E-state index in [4.69, 9.17) is 11.6 Å². The molecule has 0 unspecified atom stereocenters. The second kappa shape index (κ2) is 4.54. The summed E-state index contributed by atoms with van der Waals surface area (Å²) in [4.78, 5) is 0. The van der Waals surface area contributed by atoms with Gasteiger partial charge in [0.25, 0.3) is 0 Å². The zero-order valence-corrected chi connectivity index (χ0v) is 10.6. The standard InChI is InChI=1S/C11H19ClN2O/c1-5-8-10(12)9(14(4)13-8)6-11(2,3)7-15/h15H,5-7H2,1-4H3. The third-order valence-electron chi connectivity index (χ3n) is 2.58. The fourth-order valence-corrected chi connectivity index (χ4v) is 1.88. The number of hydrogen-bond acceptors (Lipinski definition) is 2. The Labute approximate surface area is 96.1 Å². The second-order valence-electron chi connectivity index (χ2n) is 4.68. The van der Waals surface area contributed by atoms with E-state index < -0.39 is 0 Å². The first-order valence-electron chi connectivity index (χ1n) is 5.22. The van der Waals surface area contributed by atoms with E-state index in [0.29, 0.717) is 0 Å². The Kier molecular flexibility index (Phi) is 3.79. The first-order chi connectivity index (χ1) is 6.91. The van der Waals surface area contributed by atoms with Crippen molar-refractivity contribution in [3.63, 3.8) is 0 Å². The van der Waals surface area contributed by atoms with Gasteiger partial charge in [0.05, 0.1) is 16.4 Å². The number of aliphatic hydroxyl groups excluding tert-OH is 1. The lowest BCUT2D eigenvalue weighted by Gasteiger charge is -2.21. The molecule has 0 fully saturated rings. The first-order valence-corrected chi connectivity index (χ1v) is 5.60. The zero-order chi connectivity index (χ0) is 11.6. The van der Waals surface area contributed by atoms with Crippen molar-refractivity contribution in [2.24, 2.45) is 12.5 Å². The van der Waals surface area contributed by atoms with E-state index in [-0.39, 0.29) is 12.0 Å². The quantitative estimate of drug-likeness (QED) is 0.861. The SMILES string of the molecule is CCc1nn(C)c(CC(C)(C)CO)c1Cl. The highest BCUT2D eigenvalue weighted by molar-refractivity contribution is 6.31. The first kappa shape index (κ1) is 12.5. The number of aromatic nitrogens is 2. The fourth-order valence-electron chi connectivity index (χ4n) is 1.52. The summed E-state index contributed by atoms with van der Waals surface area (Å²) in [6.45, 7) is 6.22. The number of aliphatic hydroxyl groups is 1. The summed E-state index contributed by atoms with van der Waals surface area (Å²) in [7, 11) is 1.90. The van der Waals surface area contributed by atoms with Crippen molar-refractivity contribution in [1.29, 1.82) is 0 Å². The molecule has 0 spiro atoms. The van der Waals surface area contributed by atoms with E-state index in [2.05, 4.69) is 5.10 Å². The minimum atomic E-state index is -0.150. The maximum Gasteiger partial charge on any atom is 0.0849 e. The van der Waals surface area contributed by atoms with Gasteiger partial charge in [0.2, 0.25) is 0 Å². The molecule has 0 aliphatic rings. The number of halogens is 1. The van der Waals surface area contributed by atoms with E-state index >= 15 is 0 Å². The molecule has 0 aliphatic carbocycles. The predicted molar refractivity (Wildman–Crippen MR) is 62.2 cm³/mol. The molecule has 0 bridgehead atoms. The summed E-state index contributed by atoms with van der Waals surface area (Å²) in [5.74, 6) is 0. The van der Waals surface area contributed by atoms with E-state index in [1.54, 1.807) is 0 Å². The summed E-state index contributed by atoms with van der Waals surface area (Å²) in [5, 5.41) is 14.3. The second-order valence-corrected chi connectivity index (χ2v) is 5.06. The van der Waals surface area contributed by atoms with Crippen LogP contribution in [0.2, 0.25) is 5.02 Å². The van der Waals surface area contributed by atoms with E-state index in [9.17, 15) is 5.11 Å². The van der Waals surface area contributed by atoms with Crippen LogP contribution in [0, 0.1) is 5.41 Å². The van der Waals surface area contributed by atoms with Crippen LogP contribution in [0.3, 0.4) is 0 Å². The zero-order valence-electron chi connectivity index (χ0n) is 9.84. The normalized spacial score (nSPS) is 12.1. The number of nitrogens with zero attached hydrogens (tertiary/aromatic N) is 2. The maximum atomic E-state index is 9.23. The predicted octanol–water partition coefficient (Wildman–Crippen LogP) is 2.20. The molecule has 1 rings (SSSR count). The number of aryl methyl sites for hydroxylation is 2. The molecule has 86 valence electrons. The number of rotatable bonds is 4. The summed E-state index contributed by atoms with van der Waals surface area (Å²) < 4.78 is 1.82. The minimum absolute atomic E-state index is 0.149. The van der Waals surface area contributed by atoms with Gasteiger partial charge in [-0.15, -0.1) is 0 Å². The van der Waals surface area contributed by atoms with Gasteiger partial charge < -0.3 is 5.11 Å². The van der Waals surface area contributed by atoms with Crippen LogP contribution in [0.25, 0.3) is 0 Å². The van der Waals surface area contributed by atoms with E-state index in [1.807, 2.05) is 32.5 Å². The molecular formula is C11H19ClN2O. The van der Waals surface area contributed by atoms with Crippen LogP contribution in [-0.4, -0.2) is 21.5 Å². The van der Waals surface area contributed by atoms with Gasteiger partial charge in [-0.1, -0.05) is 32.4 Å². The Morgan fingerprint density at radius 3 is 2.47 bits per heavy atom. The molecule has 1 aromatic heterocycles. The van der Waals surface area contributed by atoms with Gasteiger partial charge in [-0.2, -0.15) is 5.10 Å². The van der Waals surface area contributed by atoms with Crippen LogP contribution in [-0.2, 0) is 19.9 Å².